The highest BCUT2D eigenvalue weighted by molar-refractivity contribution is 9.10. The fraction of sp³-hybridized carbons (Fsp3) is 0. The maximum atomic E-state index is 7.08. The molecule has 0 aliphatic rings. The molecule has 0 aromatic carbocycles. The van der Waals surface area contributed by atoms with E-state index in [-0.39, 0.29) is 5.84 Å². The number of hydrogen-bond donors (Lipinski definition) is 2. The molecule has 0 aliphatic carbocycles. The fourth-order valence-electron chi connectivity index (χ4n) is 0.587. The van der Waals surface area contributed by atoms with Gasteiger partial charge in [0.15, 0.2) is 0 Å². The molecule has 10 heavy (non-hydrogen) atoms. The van der Waals surface area contributed by atoms with Crippen LogP contribution >= 0.6 is 15.9 Å². The van der Waals surface area contributed by atoms with Gasteiger partial charge in [-0.2, -0.15) is 0 Å². The summed E-state index contributed by atoms with van der Waals surface area (Å²) in [5, 5.41) is 7.08. The molecule has 0 radical (unpaired) electrons. The predicted molar refractivity (Wildman–Crippen MR) is 43.0 cm³/mol. The third-order valence-corrected chi connectivity index (χ3v) is 1.68. The third kappa shape index (κ3) is 1.33. The van der Waals surface area contributed by atoms with Gasteiger partial charge in [-0.15, -0.1) is 0 Å². The minimum atomic E-state index is 0.0278. The Hall–Kier alpha value is -0.900. The van der Waals surface area contributed by atoms with E-state index in [0.29, 0.717) is 10.2 Å². The van der Waals surface area contributed by atoms with Gasteiger partial charge in [0.1, 0.15) is 10.4 Å². The molecule has 0 saturated heterocycles. The Kier molecular flexibility index (Phi) is 2.01. The minimum absolute atomic E-state index is 0.0278. The molecule has 3 nitrogen and oxygen atoms in total. The molecule has 1 aromatic rings. The standard InChI is InChI=1S/C6H6BrN3/c7-5-4(6(8)9)2-1-3-10-5/h1-3H,(H3,8,9). The number of hydrogen-bond acceptors (Lipinski definition) is 2. The van der Waals surface area contributed by atoms with E-state index < -0.39 is 0 Å². The zero-order valence-electron chi connectivity index (χ0n) is 5.13. The Labute approximate surface area is 66.9 Å². The maximum Gasteiger partial charge on any atom is 0.125 e. The van der Waals surface area contributed by atoms with Crippen LogP contribution in [0, 0.1) is 5.41 Å². The number of pyridine rings is 1. The summed E-state index contributed by atoms with van der Waals surface area (Å²) in [5.41, 5.74) is 5.86. The van der Waals surface area contributed by atoms with Crippen LogP contribution in [0.25, 0.3) is 0 Å². The van der Waals surface area contributed by atoms with Crippen molar-refractivity contribution in [3.05, 3.63) is 28.5 Å². The van der Waals surface area contributed by atoms with Crippen LogP contribution in [0.1, 0.15) is 5.56 Å². The Morgan fingerprint density at radius 1 is 1.70 bits per heavy atom. The van der Waals surface area contributed by atoms with Crippen molar-refractivity contribution in [2.24, 2.45) is 5.73 Å². The van der Waals surface area contributed by atoms with E-state index in [9.17, 15) is 0 Å². The summed E-state index contributed by atoms with van der Waals surface area (Å²) in [4.78, 5) is 3.90. The van der Waals surface area contributed by atoms with Crippen LogP contribution in [-0.2, 0) is 0 Å². The second-order valence-corrected chi connectivity index (χ2v) is 2.51. The zero-order chi connectivity index (χ0) is 7.56. The molecule has 52 valence electrons. The molecule has 0 atom stereocenters. The van der Waals surface area contributed by atoms with Crippen molar-refractivity contribution >= 4 is 21.8 Å². The topological polar surface area (TPSA) is 62.8 Å². The average Bonchev–Trinajstić information content (AvgIpc) is 1.88. The number of nitrogens with two attached hydrogens (primary N) is 1. The van der Waals surface area contributed by atoms with Crippen LogP contribution in [0.15, 0.2) is 22.9 Å². The van der Waals surface area contributed by atoms with Crippen molar-refractivity contribution in [3.8, 4) is 0 Å². The van der Waals surface area contributed by atoms with E-state index in [1.807, 2.05) is 0 Å². The first-order valence-electron chi connectivity index (χ1n) is 2.66. The molecule has 0 amide bonds. The van der Waals surface area contributed by atoms with Crippen molar-refractivity contribution in [3.63, 3.8) is 0 Å². The second-order valence-electron chi connectivity index (χ2n) is 1.76. The molecular formula is C6H6BrN3. The number of rotatable bonds is 1. The highest BCUT2D eigenvalue weighted by Gasteiger charge is 2.00. The molecule has 1 heterocycles. The van der Waals surface area contributed by atoms with Gasteiger partial charge < -0.3 is 5.73 Å². The van der Waals surface area contributed by atoms with Crippen LogP contribution in [0.2, 0.25) is 0 Å². The van der Waals surface area contributed by atoms with E-state index >= 15 is 0 Å². The quantitative estimate of drug-likeness (QED) is 0.405. The summed E-state index contributed by atoms with van der Waals surface area (Å²) >= 11 is 3.16. The van der Waals surface area contributed by atoms with Gasteiger partial charge in [0, 0.05) is 11.8 Å². The maximum absolute atomic E-state index is 7.08. The Bertz CT molecular complexity index is 259. The number of halogens is 1. The molecule has 0 spiro atoms. The lowest BCUT2D eigenvalue weighted by molar-refractivity contribution is 1.25. The molecular weight excluding hydrogens is 194 g/mol. The number of nitrogen functional groups attached to an aromatic ring is 1. The van der Waals surface area contributed by atoms with Gasteiger partial charge in [-0.3, -0.25) is 5.41 Å². The number of amidine groups is 1. The molecule has 0 bridgehead atoms. The fourth-order valence-corrected chi connectivity index (χ4v) is 1.05. The monoisotopic (exact) mass is 199 g/mol. The minimum Gasteiger partial charge on any atom is -0.384 e. The van der Waals surface area contributed by atoms with E-state index in [0.717, 1.165) is 0 Å². The molecule has 0 aliphatic heterocycles. The summed E-state index contributed by atoms with van der Waals surface area (Å²) in [6.45, 7) is 0. The first kappa shape index (κ1) is 7.21. The van der Waals surface area contributed by atoms with Gasteiger partial charge in [-0.25, -0.2) is 4.98 Å². The Morgan fingerprint density at radius 2 is 2.40 bits per heavy atom. The smallest absolute Gasteiger partial charge is 0.125 e. The van der Waals surface area contributed by atoms with Crippen LogP contribution in [0.5, 0.6) is 0 Å². The summed E-state index contributed by atoms with van der Waals surface area (Å²) in [6.07, 6.45) is 1.64. The van der Waals surface area contributed by atoms with Crippen LogP contribution in [0.4, 0.5) is 0 Å². The first-order valence-corrected chi connectivity index (χ1v) is 3.46. The molecule has 1 aromatic heterocycles. The van der Waals surface area contributed by atoms with Crippen LogP contribution in [0.3, 0.4) is 0 Å². The summed E-state index contributed by atoms with van der Waals surface area (Å²) in [6, 6.07) is 3.47. The lowest BCUT2D eigenvalue weighted by Crippen LogP contribution is -2.11. The van der Waals surface area contributed by atoms with Gasteiger partial charge >= 0.3 is 0 Å². The van der Waals surface area contributed by atoms with Gasteiger partial charge in [0.05, 0.1) is 0 Å². The number of nitrogens with zero attached hydrogens (tertiary/aromatic N) is 1. The van der Waals surface area contributed by atoms with Crippen molar-refractivity contribution in [2.75, 3.05) is 0 Å². The zero-order valence-corrected chi connectivity index (χ0v) is 6.72. The van der Waals surface area contributed by atoms with E-state index in [4.69, 9.17) is 11.1 Å². The van der Waals surface area contributed by atoms with Crippen molar-refractivity contribution in [2.45, 2.75) is 0 Å². The van der Waals surface area contributed by atoms with Gasteiger partial charge in [0.2, 0.25) is 0 Å². The summed E-state index contributed by atoms with van der Waals surface area (Å²) in [7, 11) is 0. The molecule has 1 rings (SSSR count). The van der Waals surface area contributed by atoms with Crippen molar-refractivity contribution in [1.82, 2.24) is 4.98 Å². The number of aromatic nitrogens is 1. The molecule has 3 N–H and O–H groups in total. The van der Waals surface area contributed by atoms with Gasteiger partial charge in [-0.1, -0.05) is 0 Å². The van der Waals surface area contributed by atoms with Gasteiger partial charge in [0.25, 0.3) is 0 Å². The third-order valence-electron chi connectivity index (χ3n) is 1.05. The predicted octanol–water partition coefficient (Wildman–Crippen LogP) is 1.13. The molecule has 0 fully saturated rings. The highest BCUT2D eigenvalue weighted by Crippen LogP contribution is 2.10. The van der Waals surface area contributed by atoms with Crippen molar-refractivity contribution in [1.29, 1.82) is 5.41 Å². The molecule has 0 unspecified atom stereocenters. The molecule has 4 heteroatoms. The normalized spacial score (nSPS) is 9.30. The van der Waals surface area contributed by atoms with E-state index in [2.05, 4.69) is 20.9 Å². The average molecular weight is 200 g/mol. The largest absolute Gasteiger partial charge is 0.384 e. The highest BCUT2D eigenvalue weighted by atomic mass is 79.9. The van der Waals surface area contributed by atoms with E-state index in [1.165, 1.54) is 0 Å². The van der Waals surface area contributed by atoms with E-state index in [1.54, 1.807) is 18.3 Å². The Morgan fingerprint density at radius 3 is 2.80 bits per heavy atom. The van der Waals surface area contributed by atoms with Crippen LogP contribution in [-0.4, -0.2) is 10.8 Å². The van der Waals surface area contributed by atoms with Gasteiger partial charge in [-0.05, 0) is 28.1 Å². The summed E-state index contributed by atoms with van der Waals surface area (Å²) < 4.78 is 0.613. The SMILES string of the molecule is N=C(N)c1cccnc1Br. The summed E-state index contributed by atoms with van der Waals surface area (Å²) in [5.74, 6) is 0.0278. The lowest BCUT2D eigenvalue weighted by Gasteiger charge is -1.97. The number of nitrogens with one attached hydrogen (secondary N) is 1. The molecule has 0 saturated carbocycles. The lowest BCUT2D eigenvalue weighted by atomic mass is 10.3. The Balaban J connectivity index is 3.15. The second kappa shape index (κ2) is 2.79. The first-order chi connectivity index (χ1) is 4.72. The van der Waals surface area contributed by atoms with Crippen molar-refractivity contribution < 1.29 is 0 Å². The van der Waals surface area contributed by atoms with Crippen LogP contribution < -0.4 is 5.73 Å².